The Morgan fingerprint density at radius 1 is 1.42 bits per heavy atom. The predicted octanol–water partition coefficient (Wildman–Crippen LogP) is 2.55. The summed E-state index contributed by atoms with van der Waals surface area (Å²) in [6, 6.07) is 6.44. The third-order valence-corrected chi connectivity index (χ3v) is 3.17. The van der Waals surface area contributed by atoms with Crippen molar-refractivity contribution in [2.75, 3.05) is 0 Å². The summed E-state index contributed by atoms with van der Waals surface area (Å²) < 4.78 is 15.6. The zero-order chi connectivity index (χ0) is 14.0. The van der Waals surface area contributed by atoms with Crippen molar-refractivity contribution in [2.45, 2.75) is 19.8 Å². The van der Waals surface area contributed by atoms with Gasteiger partial charge in [-0.3, -0.25) is 4.79 Å². The third-order valence-electron chi connectivity index (χ3n) is 3.17. The van der Waals surface area contributed by atoms with Gasteiger partial charge in [-0.25, -0.2) is 9.37 Å². The van der Waals surface area contributed by atoms with Gasteiger partial charge in [-0.2, -0.15) is 0 Å². The normalized spacial score (nSPS) is 10.7. The number of carboxylic acid groups (broad SMARTS) is 1. The molecule has 0 bridgehead atoms. The van der Waals surface area contributed by atoms with Crippen molar-refractivity contribution in [1.29, 1.82) is 0 Å². The van der Waals surface area contributed by atoms with Crippen LogP contribution in [0.15, 0.2) is 24.3 Å². The van der Waals surface area contributed by atoms with Gasteiger partial charge in [-0.05, 0) is 19.1 Å². The Hall–Kier alpha value is -2.17. The van der Waals surface area contributed by atoms with Crippen LogP contribution in [0.2, 0.25) is 0 Å². The number of aliphatic carboxylic acids is 1. The largest absolute Gasteiger partial charge is 0.481 e. The maximum Gasteiger partial charge on any atom is 0.303 e. The van der Waals surface area contributed by atoms with Crippen LogP contribution in [-0.4, -0.2) is 20.6 Å². The van der Waals surface area contributed by atoms with Gasteiger partial charge in [0.25, 0.3) is 0 Å². The minimum Gasteiger partial charge on any atom is -0.481 e. The van der Waals surface area contributed by atoms with Crippen molar-refractivity contribution in [3.63, 3.8) is 0 Å². The molecule has 19 heavy (non-hydrogen) atoms. The summed E-state index contributed by atoms with van der Waals surface area (Å²) in [6.07, 6.45) is 0.349. The number of aromatic nitrogens is 2. The van der Waals surface area contributed by atoms with Crippen LogP contribution in [0.1, 0.15) is 17.9 Å². The fourth-order valence-corrected chi connectivity index (χ4v) is 1.99. The van der Waals surface area contributed by atoms with Crippen molar-refractivity contribution < 1.29 is 14.3 Å². The Morgan fingerprint density at radius 2 is 2.11 bits per heavy atom. The number of halogens is 1. The van der Waals surface area contributed by atoms with Gasteiger partial charge >= 0.3 is 5.97 Å². The highest BCUT2D eigenvalue weighted by atomic mass is 19.1. The van der Waals surface area contributed by atoms with Crippen molar-refractivity contribution in [3.8, 4) is 11.3 Å². The lowest BCUT2D eigenvalue weighted by Gasteiger charge is -2.02. The smallest absolute Gasteiger partial charge is 0.303 e. The van der Waals surface area contributed by atoms with Crippen molar-refractivity contribution >= 4 is 5.97 Å². The summed E-state index contributed by atoms with van der Waals surface area (Å²) in [6.45, 7) is 1.85. The molecule has 0 spiro atoms. The Morgan fingerprint density at radius 3 is 2.74 bits per heavy atom. The van der Waals surface area contributed by atoms with Gasteiger partial charge in [0, 0.05) is 24.7 Å². The number of aryl methyl sites for hydroxylation is 1. The second kappa shape index (κ2) is 5.22. The van der Waals surface area contributed by atoms with Gasteiger partial charge < -0.3 is 9.67 Å². The van der Waals surface area contributed by atoms with E-state index in [9.17, 15) is 9.18 Å². The number of carboxylic acids is 1. The monoisotopic (exact) mass is 262 g/mol. The van der Waals surface area contributed by atoms with E-state index in [1.54, 1.807) is 18.2 Å². The van der Waals surface area contributed by atoms with Gasteiger partial charge in [-0.1, -0.05) is 12.1 Å². The third kappa shape index (κ3) is 2.65. The molecule has 0 saturated carbocycles. The number of rotatable bonds is 4. The van der Waals surface area contributed by atoms with Crippen molar-refractivity contribution in [1.82, 2.24) is 9.55 Å². The van der Waals surface area contributed by atoms with Crippen LogP contribution in [0.4, 0.5) is 4.39 Å². The topological polar surface area (TPSA) is 55.1 Å². The first-order valence-corrected chi connectivity index (χ1v) is 5.99. The van der Waals surface area contributed by atoms with E-state index in [4.69, 9.17) is 5.11 Å². The summed E-state index contributed by atoms with van der Waals surface area (Å²) in [5, 5.41) is 8.71. The van der Waals surface area contributed by atoms with E-state index in [0.717, 1.165) is 5.69 Å². The first-order chi connectivity index (χ1) is 9.00. The number of nitrogens with zero attached hydrogens (tertiary/aromatic N) is 2. The second-order valence-electron chi connectivity index (χ2n) is 4.39. The summed E-state index contributed by atoms with van der Waals surface area (Å²) >= 11 is 0. The molecule has 2 aromatic rings. The van der Waals surface area contributed by atoms with E-state index >= 15 is 0 Å². The highest BCUT2D eigenvalue weighted by Gasteiger charge is 2.16. The Balaban J connectivity index is 2.40. The molecule has 0 saturated heterocycles. The molecule has 2 rings (SSSR count). The number of carbonyl (C=O) groups is 1. The zero-order valence-electron chi connectivity index (χ0n) is 10.9. The maximum atomic E-state index is 13.8. The molecule has 1 aromatic carbocycles. The van der Waals surface area contributed by atoms with Crippen LogP contribution < -0.4 is 0 Å². The number of benzene rings is 1. The highest BCUT2D eigenvalue weighted by molar-refractivity contribution is 5.67. The van der Waals surface area contributed by atoms with Gasteiger partial charge in [0.2, 0.25) is 0 Å². The summed E-state index contributed by atoms with van der Waals surface area (Å²) in [5.41, 5.74) is 1.84. The molecule has 0 atom stereocenters. The fourth-order valence-electron chi connectivity index (χ4n) is 1.99. The van der Waals surface area contributed by atoms with Crippen LogP contribution in [0.5, 0.6) is 0 Å². The van der Waals surface area contributed by atoms with Crippen LogP contribution in [-0.2, 0) is 18.3 Å². The average molecular weight is 262 g/mol. The lowest BCUT2D eigenvalue weighted by Crippen LogP contribution is -2.03. The molecule has 0 fully saturated rings. The van der Waals surface area contributed by atoms with E-state index in [2.05, 4.69) is 4.98 Å². The van der Waals surface area contributed by atoms with Crippen molar-refractivity contribution in [3.05, 3.63) is 41.6 Å². The lowest BCUT2D eigenvalue weighted by atomic mass is 10.1. The molecular formula is C14H15FN2O2. The summed E-state index contributed by atoms with van der Waals surface area (Å²) in [5.74, 6) is -0.542. The molecule has 0 aliphatic carbocycles. The molecule has 5 heteroatoms. The van der Waals surface area contributed by atoms with Gasteiger partial charge in [0.15, 0.2) is 0 Å². The van der Waals surface area contributed by atoms with E-state index < -0.39 is 5.97 Å². The molecule has 100 valence electrons. The molecular weight excluding hydrogens is 247 g/mol. The molecule has 0 aliphatic heterocycles. The van der Waals surface area contributed by atoms with Gasteiger partial charge in [0.1, 0.15) is 11.6 Å². The highest BCUT2D eigenvalue weighted by Crippen LogP contribution is 2.25. The van der Waals surface area contributed by atoms with E-state index in [-0.39, 0.29) is 12.2 Å². The summed E-state index contributed by atoms with van der Waals surface area (Å²) in [4.78, 5) is 15.0. The SMILES string of the molecule is Cc1c(-c2ccccc2F)nc(CCC(=O)O)n1C. The number of hydrogen-bond donors (Lipinski definition) is 1. The van der Waals surface area contributed by atoms with E-state index in [0.29, 0.717) is 23.5 Å². The van der Waals surface area contributed by atoms with Gasteiger partial charge in [0.05, 0.1) is 12.1 Å². The first kappa shape index (κ1) is 13.3. The number of imidazole rings is 1. The molecule has 0 aliphatic rings. The number of hydrogen-bond acceptors (Lipinski definition) is 2. The van der Waals surface area contributed by atoms with Crippen LogP contribution >= 0.6 is 0 Å². The molecule has 1 heterocycles. The minimum absolute atomic E-state index is 0.0149. The quantitative estimate of drug-likeness (QED) is 0.921. The predicted molar refractivity (Wildman–Crippen MR) is 69.3 cm³/mol. The molecule has 4 nitrogen and oxygen atoms in total. The summed E-state index contributed by atoms with van der Waals surface area (Å²) in [7, 11) is 1.81. The Bertz CT molecular complexity index is 620. The van der Waals surface area contributed by atoms with E-state index in [1.807, 2.05) is 18.5 Å². The first-order valence-electron chi connectivity index (χ1n) is 5.99. The van der Waals surface area contributed by atoms with Crippen LogP contribution in [0, 0.1) is 12.7 Å². The fraction of sp³-hybridized carbons (Fsp3) is 0.286. The molecule has 0 unspecified atom stereocenters. The van der Waals surface area contributed by atoms with E-state index in [1.165, 1.54) is 6.07 Å². The molecule has 0 radical (unpaired) electrons. The zero-order valence-corrected chi connectivity index (χ0v) is 10.9. The van der Waals surface area contributed by atoms with Gasteiger partial charge in [-0.15, -0.1) is 0 Å². The lowest BCUT2D eigenvalue weighted by molar-refractivity contribution is -0.137. The second-order valence-corrected chi connectivity index (χ2v) is 4.39. The Kier molecular flexibility index (Phi) is 3.64. The average Bonchev–Trinajstić information content (AvgIpc) is 2.65. The molecule has 1 aromatic heterocycles. The van der Waals surface area contributed by atoms with Crippen molar-refractivity contribution in [2.24, 2.45) is 7.05 Å². The molecule has 0 amide bonds. The Labute approximate surface area is 110 Å². The molecule has 1 N–H and O–H groups in total. The van der Waals surface area contributed by atoms with Crippen LogP contribution in [0.25, 0.3) is 11.3 Å². The standard InChI is InChI=1S/C14H15FN2O2/c1-9-14(10-5-3-4-6-11(10)15)16-12(17(9)2)7-8-13(18)19/h3-6H,7-8H2,1-2H3,(H,18,19). The van der Waals surface area contributed by atoms with Crippen LogP contribution in [0.3, 0.4) is 0 Å². The minimum atomic E-state index is -0.868. The maximum absolute atomic E-state index is 13.8.